The lowest BCUT2D eigenvalue weighted by Crippen LogP contribution is -1.70. The van der Waals surface area contributed by atoms with Crippen molar-refractivity contribution < 1.29 is 0 Å². The predicted molar refractivity (Wildman–Crippen MR) is 66.4 cm³/mol. The lowest BCUT2D eigenvalue weighted by molar-refractivity contribution is 1.13. The Bertz CT molecular complexity index is 355. The molecule has 0 saturated heterocycles. The summed E-state index contributed by atoms with van der Waals surface area (Å²) in [5, 5.41) is 7.72. The quantitative estimate of drug-likeness (QED) is 0.450. The zero-order valence-corrected chi connectivity index (χ0v) is 9.11. The molecule has 2 nitrogen and oxygen atoms in total. The van der Waals surface area contributed by atoms with Gasteiger partial charge in [0.2, 0.25) is 0 Å². The van der Waals surface area contributed by atoms with Crippen molar-refractivity contribution in [3.05, 3.63) is 73.7 Å². The fraction of sp³-hybridized carbons (Fsp3) is 0.0769. The Balaban J connectivity index is 4.23. The molecule has 0 aromatic rings. The number of rotatable bonds is 6. The van der Waals surface area contributed by atoms with E-state index in [1.54, 1.807) is 24.3 Å². The number of hydrogen-bond acceptors (Lipinski definition) is 2. The Labute approximate surface area is 91.4 Å². The third-order valence-electron chi connectivity index (χ3n) is 1.29. The fourth-order valence-corrected chi connectivity index (χ4v) is 0.613. The average molecular weight is 200 g/mol. The first-order valence-electron chi connectivity index (χ1n) is 4.48. The van der Waals surface area contributed by atoms with Gasteiger partial charge in [0.05, 0.1) is 11.4 Å². The summed E-state index contributed by atoms with van der Waals surface area (Å²) < 4.78 is 0. The molecule has 0 aliphatic carbocycles. The number of nitrogens with zero attached hydrogens (tertiary/aromatic N) is 2. The summed E-state index contributed by atoms with van der Waals surface area (Å²) in [5.41, 5.74) is 2.06. The standard InChI is InChI=1S/C13H16N2/c1-6-7-8-12(4)14-15-13(5)10-9-11(2)3/h6-10H,1-2,4-5H2,3H3/b8-7-,10-9-,15-14?. The molecule has 0 radical (unpaired) electrons. The van der Waals surface area contributed by atoms with E-state index in [4.69, 9.17) is 0 Å². The lowest BCUT2D eigenvalue weighted by atomic mass is 10.3. The van der Waals surface area contributed by atoms with Crippen LogP contribution in [0.5, 0.6) is 0 Å². The minimum atomic E-state index is 0.555. The summed E-state index contributed by atoms with van der Waals surface area (Å²) >= 11 is 0. The van der Waals surface area contributed by atoms with Crippen LogP contribution in [0.15, 0.2) is 83.9 Å². The molecule has 0 aromatic carbocycles. The Morgan fingerprint density at radius 2 is 1.47 bits per heavy atom. The molecule has 0 bridgehead atoms. The van der Waals surface area contributed by atoms with Crippen LogP contribution >= 0.6 is 0 Å². The van der Waals surface area contributed by atoms with Crippen LogP contribution in [-0.4, -0.2) is 0 Å². The van der Waals surface area contributed by atoms with Gasteiger partial charge in [-0.1, -0.05) is 50.1 Å². The molecule has 0 aliphatic rings. The molecule has 0 aromatic heterocycles. The first-order valence-corrected chi connectivity index (χ1v) is 4.48. The van der Waals surface area contributed by atoms with Crippen LogP contribution in [-0.2, 0) is 0 Å². The summed E-state index contributed by atoms with van der Waals surface area (Å²) in [4.78, 5) is 0. The first-order chi connectivity index (χ1) is 7.06. The molecule has 0 amide bonds. The maximum absolute atomic E-state index is 3.87. The van der Waals surface area contributed by atoms with E-state index >= 15 is 0 Å². The molecular formula is C13H16N2. The lowest BCUT2D eigenvalue weighted by Gasteiger charge is -1.90. The average Bonchev–Trinajstić information content (AvgIpc) is 2.20. The van der Waals surface area contributed by atoms with Crippen LogP contribution in [0, 0.1) is 0 Å². The van der Waals surface area contributed by atoms with E-state index in [-0.39, 0.29) is 0 Å². The van der Waals surface area contributed by atoms with Crippen molar-refractivity contribution >= 4 is 0 Å². The van der Waals surface area contributed by atoms with Crippen LogP contribution in [0.4, 0.5) is 0 Å². The Hall–Kier alpha value is -1.96. The highest BCUT2D eigenvalue weighted by molar-refractivity contribution is 5.22. The molecule has 0 N–H and O–H groups in total. The van der Waals surface area contributed by atoms with Gasteiger partial charge >= 0.3 is 0 Å². The van der Waals surface area contributed by atoms with Gasteiger partial charge in [-0.3, -0.25) is 0 Å². The van der Waals surface area contributed by atoms with Crippen LogP contribution in [0.3, 0.4) is 0 Å². The summed E-state index contributed by atoms with van der Waals surface area (Å²) in [6.07, 6.45) is 8.68. The van der Waals surface area contributed by atoms with Gasteiger partial charge in [0, 0.05) is 0 Å². The highest BCUT2D eigenvalue weighted by Crippen LogP contribution is 2.03. The topological polar surface area (TPSA) is 24.7 Å². The van der Waals surface area contributed by atoms with E-state index in [0.717, 1.165) is 5.57 Å². The zero-order chi connectivity index (χ0) is 11.7. The van der Waals surface area contributed by atoms with E-state index < -0.39 is 0 Å². The number of hydrogen-bond donors (Lipinski definition) is 0. The summed E-state index contributed by atoms with van der Waals surface area (Å²) in [6, 6.07) is 0. The van der Waals surface area contributed by atoms with Gasteiger partial charge < -0.3 is 0 Å². The van der Waals surface area contributed by atoms with E-state index in [9.17, 15) is 0 Å². The molecular weight excluding hydrogens is 184 g/mol. The number of azo groups is 1. The Morgan fingerprint density at radius 3 is 1.93 bits per heavy atom. The maximum atomic E-state index is 3.87. The summed E-state index contributed by atoms with van der Waals surface area (Å²) in [5.74, 6) is 0. The van der Waals surface area contributed by atoms with Crippen LogP contribution in [0.25, 0.3) is 0 Å². The Kier molecular flexibility index (Phi) is 6.47. The molecule has 0 aliphatic heterocycles. The first kappa shape index (κ1) is 13.0. The van der Waals surface area contributed by atoms with Crippen molar-refractivity contribution in [3.63, 3.8) is 0 Å². The van der Waals surface area contributed by atoms with Gasteiger partial charge in [-0.2, -0.15) is 10.2 Å². The van der Waals surface area contributed by atoms with E-state index in [1.807, 2.05) is 13.0 Å². The van der Waals surface area contributed by atoms with E-state index in [2.05, 4.69) is 36.5 Å². The smallest absolute Gasteiger partial charge is 0.0785 e. The maximum Gasteiger partial charge on any atom is 0.0785 e. The molecule has 0 atom stereocenters. The molecule has 78 valence electrons. The minimum absolute atomic E-state index is 0.555. The largest absolute Gasteiger partial charge is 0.151 e. The second-order valence-electron chi connectivity index (χ2n) is 2.96. The SMILES string of the molecule is C=C/C=C\C(=C)N=NC(=C)/C=C\C(=C)C. The van der Waals surface area contributed by atoms with Gasteiger partial charge in [-0.05, 0) is 19.1 Å². The van der Waals surface area contributed by atoms with Crippen LogP contribution in [0.1, 0.15) is 6.92 Å². The van der Waals surface area contributed by atoms with Gasteiger partial charge in [0.25, 0.3) is 0 Å². The minimum Gasteiger partial charge on any atom is -0.151 e. The Morgan fingerprint density at radius 1 is 0.933 bits per heavy atom. The normalized spacial score (nSPS) is 11.3. The fourth-order valence-electron chi connectivity index (χ4n) is 0.613. The number of allylic oxidation sites excluding steroid dienone is 6. The molecule has 0 rings (SSSR count). The summed E-state index contributed by atoms with van der Waals surface area (Å²) in [7, 11) is 0. The van der Waals surface area contributed by atoms with Gasteiger partial charge in [-0.15, -0.1) is 0 Å². The van der Waals surface area contributed by atoms with Crippen molar-refractivity contribution in [2.45, 2.75) is 6.92 Å². The summed E-state index contributed by atoms with van der Waals surface area (Å²) in [6.45, 7) is 16.5. The highest BCUT2D eigenvalue weighted by atomic mass is 15.1. The third kappa shape index (κ3) is 8.37. The van der Waals surface area contributed by atoms with Crippen molar-refractivity contribution in [1.29, 1.82) is 0 Å². The molecule has 2 heteroatoms. The van der Waals surface area contributed by atoms with Crippen LogP contribution < -0.4 is 0 Å². The molecule has 0 saturated carbocycles. The van der Waals surface area contributed by atoms with Crippen molar-refractivity contribution in [2.24, 2.45) is 10.2 Å². The molecule has 0 heterocycles. The molecule has 0 unspecified atom stereocenters. The molecule has 0 fully saturated rings. The van der Waals surface area contributed by atoms with Crippen molar-refractivity contribution in [3.8, 4) is 0 Å². The van der Waals surface area contributed by atoms with Crippen molar-refractivity contribution in [1.82, 2.24) is 0 Å². The highest BCUT2D eigenvalue weighted by Gasteiger charge is 1.84. The second kappa shape index (κ2) is 7.44. The predicted octanol–water partition coefficient (Wildman–Crippen LogP) is 4.34. The van der Waals surface area contributed by atoms with E-state index in [1.165, 1.54) is 0 Å². The molecule has 15 heavy (non-hydrogen) atoms. The monoisotopic (exact) mass is 200 g/mol. The van der Waals surface area contributed by atoms with E-state index in [0.29, 0.717) is 11.4 Å². The second-order valence-corrected chi connectivity index (χ2v) is 2.96. The van der Waals surface area contributed by atoms with Gasteiger partial charge in [0.1, 0.15) is 0 Å². The van der Waals surface area contributed by atoms with Gasteiger partial charge in [0.15, 0.2) is 0 Å². The molecule has 0 spiro atoms. The zero-order valence-electron chi connectivity index (χ0n) is 9.11. The van der Waals surface area contributed by atoms with Gasteiger partial charge in [-0.25, -0.2) is 0 Å². The third-order valence-corrected chi connectivity index (χ3v) is 1.29. The van der Waals surface area contributed by atoms with Crippen LogP contribution in [0.2, 0.25) is 0 Å². The van der Waals surface area contributed by atoms with Crippen molar-refractivity contribution in [2.75, 3.05) is 0 Å².